The van der Waals surface area contributed by atoms with Gasteiger partial charge in [0, 0.05) is 0 Å². The Kier molecular flexibility index (Phi) is 4.77. The van der Waals surface area contributed by atoms with Crippen molar-refractivity contribution in [1.82, 2.24) is 0 Å². The zero-order valence-electron chi connectivity index (χ0n) is 8.07. The minimum Gasteiger partial charge on any atom is -0.490 e. The third-order valence-corrected chi connectivity index (χ3v) is 1.71. The molecule has 0 saturated carbocycles. The maximum absolute atomic E-state index is 5.47. The summed E-state index contributed by atoms with van der Waals surface area (Å²) in [6.07, 6.45) is 6.55. The van der Waals surface area contributed by atoms with Gasteiger partial charge in [-0.25, -0.2) is 0 Å². The summed E-state index contributed by atoms with van der Waals surface area (Å²) < 4.78 is 5.47. The summed E-state index contributed by atoms with van der Waals surface area (Å²) >= 11 is 0. The average molecular weight is 176 g/mol. The largest absolute Gasteiger partial charge is 0.490 e. The van der Waals surface area contributed by atoms with E-state index in [-0.39, 0.29) is 0 Å². The van der Waals surface area contributed by atoms with Crippen molar-refractivity contribution in [2.75, 3.05) is 6.61 Å². The first kappa shape index (κ1) is 9.85. The van der Waals surface area contributed by atoms with Crippen LogP contribution in [0.4, 0.5) is 0 Å². The van der Waals surface area contributed by atoms with Crippen LogP contribution in [0.5, 0.6) is 5.75 Å². The Bertz CT molecular complexity index is 239. The number of para-hydroxylation sites is 1. The molecule has 0 atom stereocenters. The summed E-state index contributed by atoms with van der Waals surface area (Å²) in [5.74, 6) is 0.934. The predicted octanol–water partition coefficient (Wildman–Crippen LogP) is 3.42. The molecule has 70 valence electrons. The molecule has 0 amide bonds. The normalized spacial score (nSPS) is 10.5. The fourth-order valence-electron chi connectivity index (χ4n) is 1.01. The van der Waals surface area contributed by atoms with Gasteiger partial charge in [0.05, 0.1) is 0 Å². The van der Waals surface area contributed by atoms with Crippen molar-refractivity contribution in [3.05, 3.63) is 42.5 Å². The highest BCUT2D eigenvalue weighted by Crippen LogP contribution is 2.07. The summed E-state index contributed by atoms with van der Waals surface area (Å²) in [4.78, 5) is 0. The van der Waals surface area contributed by atoms with Crippen LogP contribution in [0.3, 0.4) is 0 Å². The molecular weight excluding hydrogens is 160 g/mol. The highest BCUT2D eigenvalue weighted by molar-refractivity contribution is 5.21. The van der Waals surface area contributed by atoms with Crippen molar-refractivity contribution in [2.24, 2.45) is 0 Å². The van der Waals surface area contributed by atoms with Crippen LogP contribution in [0, 0.1) is 0 Å². The van der Waals surface area contributed by atoms with Crippen molar-refractivity contribution in [1.29, 1.82) is 0 Å². The van der Waals surface area contributed by atoms with E-state index in [4.69, 9.17) is 4.74 Å². The molecule has 0 radical (unpaired) electrons. The molecule has 0 aromatic heterocycles. The van der Waals surface area contributed by atoms with Crippen LogP contribution in [0.2, 0.25) is 0 Å². The van der Waals surface area contributed by atoms with Gasteiger partial charge in [-0.2, -0.15) is 0 Å². The Balaban J connectivity index is 2.20. The first-order valence-electron chi connectivity index (χ1n) is 4.76. The molecule has 0 aliphatic carbocycles. The van der Waals surface area contributed by atoms with Gasteiger partial charge in [0.15, 0.2) is 0 Å². The zero-order valence-corrected chi connectivity index (χ0v) is 8.07. The standard InChI is InChI=1S/C12H16O/c1-2-3-4-8-11-13-12-9-6-5-7-10-12/h4-10H,2-3,11H2,1H3. The van der Waals surface area contributed by atoms with E-state index in [1.807, 2.05) is 30.3 Å². The Labute approximate surface area is 80.0 Å². The minimum atomic E-state index is 0.671. The van der Waals surface area contributed by atoms with Crippen molar-refractivity contribution in [3.63, 3.8) is 0 Å². The summed E-state index contributed by atoms with van der Waals surface area (Å²) in [6.45, 7) is 2.84. The van der Waals surface area contributed by atoms with Crippen molar-refractivity contribution in [3.8, 4) is 5.75 Å². The van der Waals surface area contributed by atoms with Crippen LogP contribution in [0.15, 0.2) is 42.5 Å². The molecule has 0 aliphatic heterocycles. The van der Waals surface area contributed by atoms with Crippen molar-refractivity contribution < 1.29 is 4.74 Å². The first-order valence-corrected chi connectivity index (χ1v) is 4.76. The van der Waals surface area contributed by atoms with Gasteiger partial charge in [0.25, 0.3) is 0 Å². The number of benzene rings is 1. The Morgan fingerprint density at radius 3 is 2.62 bits per heavy atom. The molecule has 13 heavy (non-hydrogen) atoms. The highest BCUT2D eigenvalue weighted by atomic mass is 16.5. The van der Waals surface area contributed by atoms with E-state index in [1.54, 1.807) is 0 Å². The van der Waals surface area contributed by atoms with Crippen LogP contribution in [0.1, 0.15) is 19.8 Å². The maximum atomic E-state index is 5.47. The van der Waals surface area contributed by atoms with Crippen LogP contribution < -0.4 is 4.74 Å². The fourth-order valence-corrected chi connectivity index (χ4v) is 1.01. The van der Waals surface area contributed by atoms with Gasteiger partial charge in [-0.1, -0.05) is 43.7 Å². The number of allylic oxidation sites excluding steroid dienone is 1. The molecule has 0 aliphatic rings. The molecule has 0 spiro atoms. The summed E-state index contributed by atoms with van der Waals surface area (Å²) in [6, 6.07) is 9.87. The molecule has 1 nitrogen and oxygen atoms in total. The molecule has 0 heterocycles. The van der Waals surface area contributed by atoms with Gasteiger partial charge in [-0.15, -0.1) is 0 Å². The van der Waals surface area contributed by atoms with E-state index in [2.05, 4.69) is 19.1 Å². The third-order valence-electron chi connectivity index (χ3n) is 1.71. The van der Waals surface area contributed by atoms with Gasteiger partial charge < -0.3 is 4.74 Å². The summed E-state index contributed by atoms with van der Waals surface area (Å²) in [5, 5.41) is 0. The second-order valence-electron chi connectivity index (χ2n) is 2.88. The highest BCUT2D eigenvalue weighted by Gasteiger charge is 1.86. The van der Waals surface area contributed by atoms with Gasteiger partial charge >= 0.3 is 0 Å². The van der Waals surface area contributed by atoms with E-state index < -0.39 is 0 Å². The van der Waals surface area contributed by atoms with E-state index in [9.17, 15) is 0 Å². The predicted molar refractivity (Wildman–Crippen MR) is 56.0 cm³/mol. The van der Waals surface area contributed by atoms with Crippen molar-refractivity contribution in [2.45, 2.75) is 19.8 Å². The van der Waals surface area contributed by atoms with Gasteiger partial charge in [0.2, 0.25) is 0 Å². The Hall–Kier alpha value is -1.24. The molecule has 0 N–H and O–H groups in total. The summed E-state index contributed by atoms with van der Waals surface area (Å²) in [5.41, 5.74) is 0. The zero-order chi connectivity index (χ0) is 9.36. The molecule has 1 aromatic rings. The van der Waals surface area contributed by atoms with E-state index in [0.717, 1.165) is 12.2 Å². The third kappa shape index (κ3) is 4.36. The molecule has 0 unspecified atom stereocenters. The molecule has 0 fully saturated rings. The fraction of sp³-hybridized carbons (Fsp3) is 0.333. The molecule has 0 saturated heterocycles. The summed E-state index contributed by atoms with van der Waals surface area (Å²) in [7, 11) is 0. The topological polar surface area (TPSA) is 9.23 Å². The quantitative estimate of drug-likeness (QED) is 0.624. The average Bonchev–Trinajstić information content (AvgIpc) is 2.19. The Morgan fingerprint density at radius 1 is 1.15 bits per heavy atom. The van der Waals surface area contributed by atoms with Crippen LogP contribution in [0.25, 0.3) is 0 Å². The Morgan fingerprint density at radius 2 is 1.92 bits per heavy atom. The monoisotopic (exact) mass is 176 g/mol. The first-order chi connectivity index (χ1) is 6.43. The van der Waals surface area contributed by atoms with Crippen LogP contribution in [-0.2, 0) is 0 Å². The lowest BCUT2D eigenvalue weighted by atomic mass is 10.3. The van der Waals surface area contributed by atoms with Gasteiger partial charge in [-0.3, -0.25) is 0 Å². The lowest BCUT2D eigenvalue weighted by Gasteiger charge is -2.00. The van der Waals surface area contributed by atoms with Gasteiger partial charge in [0.1, 0.15) is 12.4 Å². The number of ether oxygens (including phenoxy) is 1. The smallest absolute Gasteiger partial charge is 0.119 e. The second kappa shape index (κ2) is 6.30. The lowest BCUT2D eigenvalue weighted by Crippen LogP contribution is -1.92. The van der Waals surface area contributed by atoms with Crippen molar-refractivity contribution >= 4 is 0 Å². The molecule has 0 bridgehead atoms. The van der Waals surface area contributed by atoms with E-state index >= 15 is 0 Å². The number of hydrogen-bond donors (Lipinski definition) is 0. The number of unbranched alkanes of at least 4 members (excludes halogenated alkanes) is 1. The molecular formula is C12H16O. The molecule has 1 rings (SSSR count). The number of rotatable bonds is 5. The second-order valence-corrected chi connectivity index (χ2v) is 2.88. The lowest BCUT2D eigenvalue weighted by molar-refractivity contribution is 0.362. The van der Waals surface area contributed by atoms with E-state index in [1.165, 1.54) is 6.42 Å². The van der Waals surface area contributed by atoms with Crippen LogP contribution >= 0.6 is 0 Å². The SMILES string of the molecule is CCCC=CCOc1ccccc1. The molecule has 1 heteroatoms. The van der Waals surface area contributed by atoms with E-state index in [0.29, 0.717) is 6.61 Å². The maximum Gasteiger partial charge on any atom is 0.119 e. The minimum absolute atomic E-state index is 0.671. The number of hydrogen-bond acceptors (Lipinski definition) is 1. The molecule has 1 aromatic carbocycles. The van der Waals surface area contributed by atoms with Gasteiger partial charge in [-0.05, 0) is 18.6 Å². The van der Waals surface area contributed by atoms with Crippen LogP contribution in [-0.4, -0.2) is 6.61 Å².